The van der Waals surface area contributed by atoms with Gasteiger partial charge < -0.3 is 15.7 Å². The van der Waals surface area contributed by atoms with Crippen molar-refractivity contribution < 1.29 is 19.5 Å². The van der Waals surface area contributed by atoms with Gasteiger partial charge in [0, 0.05) is 5.69 Å². The third kappa shape index (κ3) is 4.27. The van der Waals surface area contributed by atoms with Gasteiger partial charge in [-0.15, -0.1) is 0 Å². The van der Waals surface area contributed by atoms with E-state index in [1.165, 1.54) is 18.2 Å². The number of amides is 4. The molecule has 0 saturated carbocycles. The number of halogens is 2. The second-order valence-corrected chi connectivity index (χ2v) is 6.94. The number of imide groups is 1. The normalized spacial score (nSPS) is 15.1. The third-order valence-corrected chi connectivity index (χ3v) is 4.53. The molecule has 7 nitrogen and oxygen atoms in total. The van der Waals surface area contributed by atoms with Crippen molar-refractivity contribution in [2.75, 3.05) is 11.9 Å². The monoisotopic (exact) mass is 419 g/mol. The topological polar surface area (TPSA) is 98.7 Å². The molecule has 1 aliphatic rings. The standard InChI is InChI=1S/C19H15Cl2N3O4/c1-10-2-4-12(5-3-10)22-16(25)9-24-18(27)15(23-19(24)28)8-11-6-13(20)17(26)14(21)7-11/h2-8,26H,9H2,1H3,(H,22,25)(H,23,28)/b15-8+. The highest BCUT2D eigenvalue weighted by Crippen LogP contribution is 2.33. The van der Waals surface area contributed by atoms with E-state index >= 15 is 0 Å². The molecule has 0 aromatic heterocycles. The minimum atomic E-state index is -0.716. The number of phenolic OH excluding ortho intramolecular Hbond substituents is 1. The largest absolute Gasteiger partial charge is 0.505 e. The first kappa shape index (κ1) is 19.7. The van der Waals surface area contributed by atoms with Crippen LogP contribution < -0.4 is 10.6 Å². The van der Waals surface area contributed by atoms with Crippen molar-refractivity contribution in [1.82, 2.24) is 10.2 Å². The highest BCUT2D eigenvalue weighted by atomic mass is 35.5. The lowest BCUT2D eigenvalue weighted by Gasteiger charge is -2.12. The first-order valence-corrected chi connectivity index (χ1v) is 8.89. The van der Waals surface area contributed by atoms with Crippen LogP contribution >= 0.6 is 23.2 Å². The van der Waals surface area contributed by atoms with E-state index in [9.17, 15) is 19.5 Å². The van der Waals surface area contributed by atoms with Crippen molar-refractivity contribution >= 4 is 52.8 Å². The van der Waals surface area contributed by atoms with E-state index < -0.39 is 24.4 Å². The van der Waals surface area contributed by atoms with E-state index in [0.717, 1.165) is 10.5 Å². The number of hydrogen-bond acceptors (Lipinski definition) is 4. The Morgan fingerprint density at radius 3 is 2.39 bits per heavy atom. The summed E-state index contributed by atoms with van der Waals surface area (Å²) in [5, 5.41) is 14.6. The molecule has 0 bridgehead atoms. The van der Waals surface area contributed by atoms with Crippen LogP contribution in [0.3, 0.4) is 0 Å². The molecule has 1 saturated heterocycles. The van der Waals surface area contributed by atoms with Crippen molar-refractivity contribution in [1.29, 1.82) is 0 Å². The predicted octanol–water partition coefficient (Wildman–Crippen LogP) is 3.54. The number of aromatic hydroxyl groups is 1. The van der Waals surface area contributed by atoms with Gasteiger partial charge in [-0.05, 0) is 42.8 Å². The fourth-order valence-corrected chi connectivity index (χ4v) is 3.04. The number of rotatable bonds is 4. The van der Waals surface area contributed by atoms with Gasteiger partial charge in [-0.3, -0.25) is 9.59 Å². The molecule has 0 unspecified atom stereocenters. The first-order valence-electron chi connectivity index (χ1n) is 8.13. The van der Waals surface area contributed by atoms with E-state index in [1.807, 2.05) is 19.1 Å². The van der Waals surface area contributed by atoms with Crippen molar-refractivity contribution in [2.45, 2.75) is 6.92 Å². The summed E-state index contributed by atoms with van der Waals surface area (Å²) in [7, 11) is 0. The Kier molecular flexibility index (Phi) is 5.58. The Balaban J connectivity index is 1.72. The fourth-order valence-electron chi connectivity index (χ4n) is 2.53. The molecule has 0 atom stereocenters. The highest BCUT2D eigenvalue weighted by Gasteiger charge is 2.35. The maximum Gasteiger partial charge on any atom is 0.329 e. The van der Waals surface area contributed by atoms with Crippen LogP contribution in [0.1, 0.15) is 11.1 Å². The molecule has 0 spiro atoms. The van der Waals surface area contributed by atoms with Crippen LogP contribution in [0.2, 0.25) is 10.0 Å². The molecule has 144 valence electrons. The predicted molar refractivity (Wildman–Crippen MR) is 106 cm³/mol. The molecular weight excluding hydrogens is 405 g/mol. The van der Waals surface area contributed by atoms with E-state index in [-0.39, 0.29) is 21.5 Å². The van der Waals surface area contributed by atoms with Crippen LogP contribution in [0.25, 0.3) is 6.08 Å². The summed E-state index contributed by atoms with van der Waals surface area (Å²) in [5.41, 5.74) is 1.97. The van der Waals surface area contributed by atoms with Crippen LogP contribution in [0.4, 0.5) is 10.5 Å². The zero-order valence-corrected chi connectivity index (χ0v) is 16.1. The lowest BCUT2D eigenvalue weighted by Crippen LogP contribution is -2.38. The second kappa shape index (κ2) is 7.92. The molecule has 4 amide bonds. The van der Waals surface area contributed by atoms with Crippen molar-refractivity contribution in [3.8, 4) is 5.75 Å². The minimum absolute atomic E-state index is 0.00505. The summed E-state index contributed by atoms with van der Waals surface area (Å²) in [6.07, 6.45) is 1.36. The molecule has 1 aliphatic heterocycles. The number of urea groups is 1. The number of nitrogens with zero attached hydrogens (tertiary/aromatic N) is 1. The zero-order valence-electron chi connectivity index (χ0n) is 14.6. The molecule has 3 rings (SSSR count). The third-order valence-electron chi connectivity index (χ3n) is 3.95. The average molecular weight is 420 g/mol. The molecule has 0 radical (unpaired) electrons. The van der Waals surface area contributed by atoms with Gasteiger partial charge in [0.15, 0.2) is 5.75 Å². The Morgan fingerprint density at radius 2 is 1.79 bits per heavy atom. The average Bonchev–Trinajstić information content (AvgIpc) is 2.89. The van der Waals surface area contributed by atoms with Gasteiger partial charge >= 0.3 is 6.03 Å². The van der Waals surface area contributed by atoms with Crippen LogP contribution in [-0.2, 0) is 9.59 Å². The Morgan fingerprint density at radius 1 is 1.18 bits per heavy atom. The number of carbonyl (C=O) groups excluding carboxylic acids is 3. The molecule has 28 heavy (non-hydrogen) atoms. The van der Waals surface area contributed by atoms with Crippen molar-refractivity contribution in [3.05, 3.63) is 63.3 Å². The first-order chi connectivity index (χ1) is 13.2. The van der Waals surface area contributed by atoms with E-state index in [2.05, 4.69) is 10.6 Å². The highest BCUT2D eigenvalue weighted by molar-refractivity contribution is 6.37. The summed E-state index contributed by atoms with van der Waals surface area (Å²) in [6.45, 7) is 1.48. The summed E-state index contributed by atoms with van der Waals surface area (Å²) >= 11 is 11.7. The van der Waals surface area contributed by atoms with Gasteiger partial charge in [0.05, 0.1) is 10.0 Å². The molecular formula is C19H15Cl2N3O4. The molecule has 2 aromatic carbocycles. The van der Waals surface area contributed by atoms with E-state index in [0.29, 0.717) is 11.3 Å². The number of hydrogen-bond donors (Lipinski definition) is 3. The second-order valence-electron chi connectivity index (χ2n) is 6.13. The molecule has 3 N–H and O–H groups in total. The molecule has 9 heteroatoms. The molecule has 1 fully saturated rings. The Labute approximate surface area is 170 Å². The van der Waals surface area contributed by atoms with Crippen molar-refractivity contribution in [2.24, 2.45) is 0 Å². The van der Waals surface area contributed by atoms with Gasteiger partial charge in [0.25, 0.3) is 5.91 Å². The Bertz CT molecular complexity index is 980. The molecule has 0 aliphatic carbocycles. The van der Waals surface area contributed by atoms with Gasteiger partial charge in [0.2, 0.25) is 5.91 Å². The number of nitrogens with one attached hydrogen (secondary N) is 2. The number of benzene rings is 2. The maximum absolute atomic E-state index is 12.5. The Hall–Kier alpha value is -3.03. The number of aryl methyl sites for hydroxylation is 1. The van der Waals surface area contributed by atoms with Gasteiger partial charge in [-0.2, -0.15) is 0 Å². The quantitative estimate of drug-likeness (QED) is 0.521. The van der Waals surface area contributed by atoms with Crippen LogP contribution in [0.15, 0.2) is 42.1 Å². The van der Waals surface area contributed by atoms with Crippen LogP contribution in [0, 0.1) is 6.92 Å². The van der Waals surface area contributed by atoms with Gasteiger partial charge in [-0.1, -0.05) is 40.9 Å². The number of carbonyl (C=O) groups is 3. The van der Waals surface area contributed by atoms with Gasteiger partial charge in [0.1, 0.15) is 12.2 Å². The van der Waals surface area contributed by atoms with Gasteiger partial charge in [-0.25, -0.2) is 9.69 Å². The molecule has 2 aromatic rings. The summed E-state index contributed by atoms with van der Waals surface area (Å²) in [5.74, 6) is -1.45. The minimum Gasteiger partial charge on any atom is -0.505 e. The maximum atomic E-state index is 12.5. The lowest BCUT2D eigenvalue weighted by atomic mass is 10.2. The number of anilines is 1. The molecule has 1 heterocycles. The van der Waals surface area contributed by atoms with Crippen LogP contribution in [-0.4, -0.2) is 34.4 Å². The number of phenols is 1. The van der Waals surface area contributed by atoms with Crippen LogP contribution in [0.5, 0.6) is 5.75 Å². The zero-order chi connectivity index (χ0) is 20.4. The summed E-state index contributed by atoms with van der Waals surface area (Å²) in [6, 6.07) is 9.18. The van der Waals surface area contributed by atoms with E-state index in [4.69, 9.17) is 23.2 Å². The fraction of sp³-hybridized carbons (Fsp3) is 0.105. The lowest BCUT2D eigenvalue weighted by molar-refractivity contribution is -0.127. The SMILES string of the molecule is Cc1ccc(NC(=O)CN2C(=O)N/C(=C/c3cc(Cl)c(O)c(Cl)c3)C2=O)cc1. The smallest absolute Gasteiger partial charge is 0.329 e. The van der Waals surface area contributed by atoms with E-state index in [1.54, 1.807) is 12.1 Å². The summed E-state index contributed by atoms with van der Waals surface area (Å²) < 4.78 is 0. The van der Waals surface area contributed by atoms with Crippen molar-refractivity contribution in [3.63, 3.8) is 0 Å². The summed E-state index contributed by atoms with van der Waals surface area (Å²) in [4.78, 5) is 37.5.